The molecule has 2 heterocycles. The lowest BCUT2D eigenvalue weighted by molar-refractivity contribution is -0.486. The first-order valence-corrected chi connectivity index (χ1v) is 9.02. The highest BCUT2D eigenvalue weighted by Gasteiger charge is 2.36. The zero-order valence-electron chi connectivity index (χ0n) is 15.0. The van der Waals surface area contributed by atoms with Gasteiger partial charge in [0.15, 0.2) is 5.03 Å². The number of guanidine groups is 1. The van der Waals surface area contributed by atoms with Crippen molar-refractivity contribution in [1.29, 1.82) is 0 Å². The van der Waals surface area contributed by atoms with Crippen molar-refractivity contribution < 1.29 is 14.5 Å². The molecule has 0 N–H and O–H groups in total. The average molecular weight is 342 g/mol. The van der Waals surface area contributed by atoms with Gasteiger partial charge in [0.25, 0.3) is 5.96 Å². The fourth-order valence-corrected chi connectivity index (χ4v) is 3.39. The van der Waals surface area contributed by atoms with Gasteiger partial charge in [0.05, 0.1) is 12.7 Å². The van der Waals surface area contributed by atoms with Crippen molar-refractivity contribution in [2.24, 2.45) is 11.0 Å². The van der Waals surface area contributed by atoms with Gasteiger partial charge in [-0.15, -0.1) is 0 Å². The molecule has 2 rings (SSSR count). The van der Waals surface area contributed by atoms with E-state index in [1.54, 1.807) is 0 Å². The molecule has 3 atom stereocenters. The van der Waals surface area contributed by atoms with Crippen molar-refractivity contribution in [2.75, 3.05) is 32.8 Å². The maximum atomic E-state index is 11.0. The summed E-state index contributed by atoms with van der Waals surface area (Å²) in [7, 11) is 0. The maximum Gasteiger partial charge on any atom is 0.276 e. The van der Waals surface area contributed by atoms with E-state index in [4.69, 9.17) is 9.47 Å². The van der Waals surface area contributed by atoms with Gasteiger partial charge < -0.3 is 19.3 Å². The average Bonchev–Trinajstić information content (AvgIpc) is 3.11. The Labute approximate surface area is 143 Å². The van der Waals surface area contributed by atoms with E-state index in [1.807, 2.05) is 16.7 Å². The van der Waals surface area contributed by atoms with E-state index in [0.717, 1.165) is 38.8 Å². The Kier molecular flexibility index (Phi) is 7.23. The predicted molar refractivity (Wildman–Crippen MR) is 91.2 cm³/mol. The van der Waals surface area contributed by atoms with E-state index in [1.165, 1.54) is 0 Å². The van der Waals surface area contributed by atoms with E-state index >= 15 is 0 Å². The lowest BCUT2D eigenvalue weighted by Crippen LogP contribution is -2.43. The molecule has 2 aliphatic heterocycles. The van der Waals surface area contributed by atoms with Crippen LogP contribution in [0.4, 0.5) is 0 Å². The molecule has 0 radical (unpaired) electrons. The molecule has 2 saturated heterocycles. The van der Waals surface area contributed by atoms with Crippen LogP contribution in [0.25, 0.3) is 0 Å². The molecule has 0 aliphatic carbocycles. The highest BCUT2D eigenvalue weighted by molar-refractivity contribution is 5.81. The van der Waals surface area contributed by atoms with E-state index in [-0.39, 0.29) is 12.3 Å². The molecular formula is C16H30N4O4. The van der Waals surface area contributed by atoms with E-state index in [9.17, 15) is 10.1 Å². The SMILES string of the molecule is CCCCOC(CC)N1CCN(CC2COC(C)C2)C1=N[N+](=O)[O-]. The van der Waals surface area contributed by atoms with Crippen molar-refractivity contribution in [2.45, 2.75) is 58.8 Å². The molecule has 2 fully saturated rings. The van der Waals surface area contributed by atoms with Crippen LogP contribution in [0.15, 0.2) is 5.10 Å². The smallest absolute Gasteiger partial charge is 0.276 e. The Hall–Kier alpha value is -1.41. The summed E-state index contributed by atoms with van der Waals surface area (Å²) in [5.41, 5.74) is 0. The first-order valence-electron chi connectivity index (χ1n) is 9.02. The Morgan fingerprint density at radius 1 is 1.46 bits per heavy atom. The van der Waals surface area contributed by atoms with Crippen molar-refractivity contribution >= 4 is 5.96 Å². The molecule has 2 aliphatic rings. The third-order valence-corrected chi connectivity index (χ3v) is 4.59. The van der Waals surface area contributed by atoms with Gasteiger partial charge in [0.2, 0.25) is 0 Å². The maximum absolute atomic E-state index is 11.0. The van der Waals surface area contributed by atoms with Crippen LogP contribution >= 0.6 is 0 Å². The summed E-state index contributed by atoms with van der Waals surface area (Å²) in [5.74, 6) is 0.834. The molecule has 0 amide bonds. The molecule has 24 heavy (non-hydrogen) atoms. The summed E-state index contributed by atoms with van der Waals surface area (Å²) in [4.78, 5) is 15.0. The summed E-state index contributed by atoms with van der Waals surface area (Å²) in [5, 5.41) is 14.1. The molecule has 138 valence electrons. The third kappa shape index (κ3) is 5.04. The van der Waals surface area contributed by atoms with Gasteiger partial charge in [-0.3, -0.25) is 0 Å². The van der Waals surface area contributed by atoms with Gasteiger partial charge in [0.1, 0.15) is 11.3 Å². The van der Waals surface area contributed by atoms with Gasteiger partial charge in [-0.25, -0.2) is 10.1 Å². The molecule has 0 bridgehead atoms. The van der Waals surface area contributed by atoms with Gasteiger partial charge in [-0.05, 0) is 26.2 Å². The minimum Gasteiger partial charge on any atom is -0.378 e. The summed E-state index contributed by atoms with van der Waals surface area (Å²) in [6.07, 6.45) is 3.94. The van der Waals surface area contributed by atoms with Crippen LogP contribution in [0.3, 0.4) is 0 Å². The lowest BCUT2D eigenvalue weighted by Gasteiger charge is -2.29. The first-order chi connectivity index (χ1) is 11.5. The number of hydrogen-bond acceptors (Lipinski definition) is 4. The minimum absolute atomic E-state index is 0.154. The molecule has 0 aromatic rings. The second kappa shape index (κ2) is 9.17. The molecule has 0 spiro atoms. The van der Waals surface area contributed by atoms with Gasteiger partial charge in [-0.1, -0.05) is 20.3 Å². The van der Waals surface area contributed by atoms with E-state index in [2.05, 4.69) is 18.9 Å². The van der Waals surface area contributed by atoms with Gasteiger partial charge in [-0.2, -0.15) is 0 Å². The van der Waals surface area contributed by atoms with Crippen molar-refractivity contribution in [3.8, 4) is 0 Å². The molecular weight excluding hydrogens is 312 g/mol. The second-order valence-corrected chi connectivity index (χ2v) is 6.61. The number of nitro groups is 1. The molecule has 0 aromatic heterocycles. The predicted octanol–water partition coefficient (Wildman–Crippen LogP) is 2.13. The summed E-state index contributed by atoms with van der Waals surface area (Å²) in [6.45, 7) is 9.81. The van der Waals surface area contributed by atoms with Crippen molar-refractivity contribution in [3.63, 3.8) is 0 Å². The number of hydrogen-bond donors (Lipinski definition) is 0. The summed E-state index contributed by atoms with van der Waals surface area (Å²) >= 11 is 0. The highest BCUT2D eigenvalue weighted by atomic mass is 16.7. The Balaban J connectivity index is 2.03. The number of nitrogens with zero attached hydrogens (tertiary/aromatic N) is 4. The zero-order chi connectivity index (χ0) is 17.5. The molecule has 3 unspecified atom stereocenters. The van der Waals surface area contributed by atoms with Crippen LogP contribution in [0.5, 0.6) is 0 Å². The quantitative estimate of drug-likeness (QED) is 0.363. The standard InChI is InChI=1S/C16H30N4O4/c1-4-6-9-23-15(5-2)19-8-7-18(16(19)17-20(21)22)11-14-10-13(3)24-12-14/h13-15H,4-12H2,1-3H3. The fourth-order valence-electron chi connectivity index (χ4n) is 3.39. The number of unbranched alkanes of at least 4 members (excludes halogenated alkanes) is 1. The largest absolute Gasteiger partial charge is 0.378 e. The van der Waals surface area contributed by atoms with Crippen LogP contribution in [-0.2, 0) is 9.47 Å². The topological polar surface area (TPSA) is 80.4 Å². The van der Waals surface area contributed by atoms with Crippen molar-refractivity contribution in [1.82, 2.24) is 9.80 Å². The molecule has 0 saturated carbocycles. The number of rotatable bonds is 9. The Bertz CT molecular complexity index is 446. The van der Waals surface area contributed by atoms with Gasteiger partial charge >= 0.3 is 0 Å². The lowest BCUT2D eigenvalue weighted by atomic mass is 10.1. The van der Waals surface area contributed by atoms with Crippen LogP contribution in [-0.4, -0.2) is 66.0 Å². The van der Waals surface area contributed by atoms with Crippen LogP contribution in [0.2, 0.25) is 0 Å². The highest BCUT2D eigenvalue weighted by Crippen LogP contribution is 2.23. The Morgan fingerprint density at radius 3 is 2.83 bits per heavy atom. The minimum atomic E-state index is -0.604. The van der Waals surface area contributed by atoms with Crippen molar-refractivity contribution in [3.05, 3.63) is 10.1 Å². The zero-order valence-corrected chi connectivity index (χ0v) is 15.0. The normalized spacial score (nSPS) is 27.2. The summed E-state index contributed by atoms with van der Waals surface area (Å²) in [6, 6.07) is 0. The van der Waals surface area contributed by atoms with E-state index in [0.29, 0.717) is 31.6 Å². The fraction of sp³-hybridized carbons (Fsp3) is 0.938. The first kappa shape index (κ1) is 18.9. The third-order valence-electron chi connectivity index (χ3n) is 4.59. The molecule has 8 heteroatoms. The number of hydrazone groups is 1. The monoisotopic (exact) mass is 342 g/mol. The van der Waals surface area contributed by atoms with Gasteiger partial charge in [0, 0.05) is 32.2 Å². The summed E-state index contributed by atoms with van der Waals surface area (Å²) < 4.78 is 11.5. The number of ether oxygens (including phenoxy) is 2. The second-order valence-electron chi connectivity index (χ2n) is 6.61. The van der Waals surface area contributed by atoms with Crippen LogP contribution in [0.1, 0.15) is 46.5 Å². The van der Waals surface area contributed by atoms with Crippen LogP contribution in [0, 0.1) is 16.0 Å². The van der Waals surface area contributed by atoms with Crippen LogP contribution < -0.4 is 0 Å². The molecule has 0 aromatic carbocycles. The molecule has 8 nitrogen and oxygen atoms in total. The van der Waals surface area contributed by atoms with E-state index < -0.39 is 5.03 Å². The Morgan fingerprint density at radius 2 is 2.25 bits per heavy atom.